The minimum atomic E-state index is -0.648. The number of benzene rings is 1. The smallest absolute Gasteiger partial charge is 0.290 e. The highest BCUT2D eigenvalue weighted by atomic mass is 32.1. The normalized spacial score (nSPS) is 16.9. The summed E-state index contributed by atoms with van der Waals surface area (Å²) >= 11 is 2.97. The molecule has 0 saturated heterocycles. The van der Waals surface area contributed by atoms with Gasteiger partial charge in [-0.2, -0.15) is 0 Å². The number of aliphatic hydroxyl groups excluding tert-OH is 1. The van der Waals surface area contributed by atoms with E-state index in [0.29, 0.717) is 12.1 Å². The maximum Gasteiger partial charge on any atom is 0.290 e. The second kappa shape index (κ2) is 7.02. The molecule has 1 aliphatic heterocycles. The zero-order valence-electron chi connectivity index (χ0n) is 15.1. The Labute approximate surface area is 174 Å². The fourth-order valence-electron chi connectivity index (χ4n) is 3.59. The van der Waals surface area contributed by atoms with Crippen molar-refractivity contribution >= 4 is 45.3 Å². The van der Waals surface area contributed by atoms with Crippen molar-refractivity contribution in [2.45, 2.75) is 12.6 Å². The van der Waals surface area contributed by atoms with E-state index >= 15 is 0 Å². The van der Waals surface area contributed by atoms with Gasteiger partial charge in [0.15, 0.2) is 11.5 Å². The van der Waals surface area contributed by atoms with E-state index < -0.39 is 23.5 Å². The van der Waals surface area contributed by atoms with Crippen molar-refractivity contribution in [1.29, 1.82) is 0 Å². The van der Waals surface area contributed by atoms with Gasteiger partial charge >= 0.3 is 0 Å². The zero-order chi connectivity index (χ0) is 20.0. The Morgan fingerprint density at radius 3 is 2.59 bits per heavy atom. The van der Waals surface area contributed by atoms with Gasteiger partial charge in [-0.1, -0.05) is 30.3 Å². The number of fused-ring (bicyclic) bond motifs is 1. The molecule has 4 aromatic rings. The summed E-state index contributed by atoms with van der Waals surface area (Å²) in [5.41, 5.74) is 0.649. The monoisotopic (exact) mass is 421 g/mol. The number of furan rings is 1. The van der Waals surface area contributed by atoms with Crippen molar-refractivity contribution in [3.63, 3.8) is 0 Å². The van der Waals surface area contributed by atoms with E-state index in [-0.39, 0.29) is 11.3 Å². The lowest BCUT2D eigenvalue weighted by molar-refractivity contribution is -0.129. The summed E-state index contributed by atoms with van der Waals surface area (Å²) in [6.07, 6.45) is 0. The van der Waals surface area contributed by atoms with E-state index in [1.807, 2.05) is 53.2 Å². The summed E-state index contributed by atoms with van der Waals surface area (Å²) in [4.78, 5) is 29.6. The number of carbonyl (C=O) groups excluding carboxylic acids is 2. The van der Waals surface area contributed by atoms with Gasteiger partial charge in [0, 0.05) is 15.1 Å². The molecule has 144 valence electrons. The molecule has 0 spiro atoms. The third-order valence-corrected chi connectivity index (χ3v) is 6.70. The predicted molar refractivity (Wildman–Crippen MR) is 112 cm³/mol. The highest BCUT2D eigenvalue weighted by Crippen LogP contribution is 2.42. The van der Waals surface area contributed by atoms with E-state index in [2.05, 4.69) is 0 Å². The van der Waals surface area contributed by atoms with Crippen LogP contribution < -0.4 is 0 Å². The molecule has 0 fully saturated rings. The maximum absolute atomic E-state index is 13.3. The first-order chi connectivity index (χ1) is 14.1. The quantitative estimate of drug-likeness (QED) is 0.442. The van der Waals surface area contributed by atoms with Crippen LogP contribution in [0.4, 0.5) is 0 Å². The summed E-state index contributed by atoms with van der Waals surface area (Å²) in [7, 11) is 0. The van der Waals surface area contributed by atoms with Crippen LogP contribution in [0.3, 0.4) is 0 Å². The van der Waals surface area contributed by atoms with Crippen molar-refractivity contribution in [3.05, 3.63) is 92.2 Å². The summed E-state index contributed by atoms with van der Waals surface area (Å²) in [6.45, 7) is 0.319. The second-order valence-electron chi connectivity index (χ2n) is 6.67. The Balaban J connectivity index is 1.59. The number of ketones is 1. The lowest BCUT2D eigenvalue weighted by Gasteiger charge is -2.24. The van der Waals surface area contributed by atoms with Gasteiger partial charge in [0.2, 0.25) is 5.78 Å². The Bertz CT molecular complexity index is 1200. The van der Waals surface area contributed by atoms with E-state index in [9.17, 15) is 14.7 Å². The fourth-order valence-corrected chi connectivity index (χ4v) is 5.14. The van der Waals surface area contributed by atoms with Crippen LogP contribution in [0.5, 0.6) is 0 Å². The second-order valence-corrected chi connectivity index (χ2v) is 8.68. The van der Waals surface area contributed by atoms with Crippen LogP contribution >= 0.6 is 22.7 Å². The topological polar surface area (TPSA) is 70.8 Å². The number of para-hydroxylation sites is 1. The molecular formula is C22H15NO4S2. The van der Waals surface area contributed by atoms with Crippen LogP contribution in [0.15, 0.2) is 81.1 Å². The van der Waals surface area contributed by atoms with Gasteiger partial charge in [-0.15, -0.1) is 22.7 Å². The summed E-state index contributed by atoms with van der Waals surface area (Å²) in [6, 6.07) is 15.9. The highest BCUT2D eigenvalue weighted by Gasteiger charge is 2.45. The molecule has 4 heterocycles. The Morgan fingerprint density at radius 2 is 1.86 bits per heavy atom. The molecule has 1 aliphatic rings. The Kier molecular flexibility index (Phi) is 4.34. The summed E-state index contributed by atoms with van der Waals surface area (Å²) in [5, 5.41) is 15.3. The number of nitrogens with zero attached hydrogens (tertiary/aromatic N) is 1. The molecule has 0 saturated carbocycles. The van der Waals surface area contributed by atoms with E-state index in [0.717, 1.165) is 15.1 Å². The first-order valence-electron chi connectivity index (χ1n) is 8.96. The Hall–Kier alpha value is -3.16. The van der Waals surface area contributed by atoms with Gasteiger partial charge in [-0.3, -0.25) is 9.59 Å². The minimum Gasteiger partial charge on any atom is -0.503 e. The molecule has 3 aromatic heterocycles. The molecular weight excluding hydrogens is 406 g/mol. The predicted octanol–water partition coefficient (Wildman–Crippen LogP) is 5.33. The molecule has 0 bridgehead atoms. The Morgan fingerprint density at radius 1 is 1.07 bits per heavy atom. The van der Waals surface area contributed by atoms with E-state index in [4.69, 9.17) is 4.42 Å². The van der Waals surface area contributed by atoms with Gasteiger partial charge in [-0.25, -0.2) is 0 Å². The maximum atomic E-state index is 13.3. The third kappa shape index (κ3) is 2.99. The van der Waals surface area contributed by atoms with Crippen LogP contribution in [0, 0.1) is 0 Å². The molecule has 1 aromatic carbocycles. The number of thiophene rings is 2. The number of aliphatic hydroxyl groups is 1. The van der Waals surface area contributed by atoms with Gasteiger partial charge < -0.3 is 14.4 Å². The van der Waals surface area contributed by atoms with Crippen LogP contribution in [0.25, 0.3) is 11.0 Å². The van der Waals surface area contributed by atoms with Crippen molar-refractivity contribution in [3.8, 4) is 0 Å². The SMILES string of the molecule is O=C(C1=C(O)C(=O)N(Cc2cccs2)C1c1cccs1)c1cc2ccccc2o1. The molecule has 7 heteroatoms. The largest absolute Gasteiger partial charge is 0.503 e. The molecule has 1 amide bonds. The lowest BCUT2D eigenvalue weighted by atomic mass is 10.00. The average Bonchev–Trinajstić information content (AvgIpc) is 3.51. The first kappa shape index (κ1) is 17.9. The number of Topliss-reactive ketones (excluding diaryl/α,β-unsaturated/α-hetero) is 1. The van der Waals surface area contributed by atoms with Crippen LogP contribution in [0.1, 0.15) is 26.4 Å². The fraction of sp³-hybridized carbons (Fsp3) is 0.0909. The molecule has 5 rings (SSSR count). The van der Waals surface area contributed by atoms with Gasteiger partial charge in [0.25, 0.3) is 5.91 Å². The average molecular weight is 421 g/mol. The minimum absolute atomic E-state index is 0.0630. The van der Waals surface area contributed by atoms with Crippen LogP contribution in [-0.2, 0) is 11.3 Å². The highest BCUT2D eigenvalue weighted by molar-refractivity contribution is 7.10. The van der Waals surface area contributed by atoms with Crippen molar-refractivity contribution in [2.75, 3.05) is 0 Å². The number of carbonyl (C=O) groups is 2. The van der Waals surface area contributed by atoms with E-state index in [1.165, 1.54) is 22.7 Å². The number of rotatable bonds is 5. The molecule has 29 heavy (non-hydrogen) atoms. The van der Waals surface area contributed by atoms with Crippen molar-refractivity contribution in [1.82, 2.24) is 4.90 Å². The third-order valence-electron chi connectivity index (χ3n) is 4.92. The van der Waals surface area contributed by atoms with Crippen LogP contribution in [0.2, 0.25) is 0 Å². The zero-order valence-corrected chi connectivity index (χ0v) is 16.7. The molecule has 0 radical (unpaired) electrons. The van der Waals surface area contributed by atoms with Crippen molar-refractivity contribution in [2.24, 2.45) is 0 Å². The van der Waals surface area contributed by atoms with E-state index in [1.54, 1.807) is 17.0 Å². The number of hydrogen-bond acceptors (Lipinski definition) is 6. The molecule has 1 N–H and O–H groups in total. The summed E-state index contributed by atoms with van der Waals surface area (Å²) < 4.78 is 5.71. The van der Waals surface area contributed by atoms with Crippen molar-refractivity contribution < 1.29 is 19.1 Å². The standard InChI is InChI=1S/C22H15NO4S2/c24-20(16-11-13-5-1-2-7-15(13)27-16)18-19(17-8-4-10-29-17)23(22(26)21(18)25)12-14-6-3-9-28-14/h1-11,19,25H,12H2. The summed E-state index contributed by atoms with van der Waals surface area (Å²) in [5.74, 6) is -1.42. The lowest BCUT2D eigenvalue weighted by Crippen LogP contribution is -2.29. The van der Waals surface area contributed by atoms with Gasteiger partial charge in [-0.05, 0) is 35.0 Å². The molecule has 0 aliphatic carbocycles. The van der Waals surface area contributed by atoms with Gasteiger partial charge in [0.1, 0.15) is 11.6 Å². The molecule has 1 unspecified atom stereocenters. The molecule has 1 atom stereocenters. The first-order valence-corrected chi connectivity index (χ1v) is 10.7. The van der Waals surface area contributed by atoms with Gasteiger partial charge in [0.05, 0.1) is 12.1 Å². The number of amides is 1. The molecule has 5 nitrogen and oxygen atoms in total. The van der Waals surface area contributed by atoms with Crippen LogP contribution in [-0.4, -0.2) is 21.7 Å². The number of hydrogen-bond donors (Lipinski definition) is 1.